The van der Waals surface area contributed by atoms with Crippen molar-refractivity contribution in [1.29, 1.82) is 0 Å². The quantitative estimate of drug-likeness (QED) is 0.629. The molecule has 0 spiro atoms. The van der Waals surface area contributed by atoms with Crippen LogP contribution < -0.4 is 4.90 Å². The van der Waals surface area contributed by atoms with Gasteiger partial charge in [-0.15, -0.1) is 0 Å². The Morgan fingerprint density at radius 1 is 0.926 bits per heavy atom. The summed E-state index contributed by atoms with van der Waals surface area (Å²) < 4.78 is 9.48. The van der Waals surface area contributed by atoms with Crippen molar-refractivity contribution >= 4 is 5.69 Å². The zero-order valence-electron chi connectivity index (χ0n) is 17.2. The summed E-state index contributed by atoms with van der Waals surface area (Å²) >= 11 is 0. The summed E-state index contributed by atoms with van der Waals surface area (Å²) in [6.07, 6.45) is 9.26. The molecule has 0 amide bonds. The average molecular weight is 358 g/mol. The van der Waals surface area contributed by atoms with E-state index in [0.29, 0.717) is 5.92 Å². The molecule has 2 atom stereocenters. The summed E-state index contributed by atoms with van der Waals surface area (Å²) in [6.45, 7) is 4.39. The topological polar surface area (TPSA) is 6.48 Å². The first kappa shape index (κ1) is 15.6. The molecule has 2 nitrogen and oxygen atoms in total. The molecular formula is C25H28N2. The fourth-order valence-electron chi connectivity index (χ4n) is 5.13. The average Bonchev–Trinajstić information content (AvgIpc) is 3.42. The van der Waals surface area contributed by atoms with Gasteiger partial charge in [-0.25, -0.2) is 0 Å². The highest BCUT2D eigenvalue weighted by Crippen LogP contribution is 2.51. The summed E-state index contributed by atoms with van der Waals surface area (Å²) in [4.78, 5) is 4.81. The molecule has 3 aliphatic rings. The highest BCUT2D eigenvalue weighted by atomic mass is 15.4. The van der Waals surface area contributed by atoms with Crippen LogP contribution in [0.3, 0.4) is 0 Å². The fraction of sp³-hybridized carbons (Fsp3) is 0.360. The second-order valence-corrected chi connectivity index (χ2v) is 8.03. The van der Waals surface area contributed by atoms with Gasteiger partial charge in [-0.3, -0.25) is 0 Å². The number of anilines is 1. The lowest BCUT2D eigenvalue weighted by molar-refractivity contribution is 0.346. The van der Waals surface area contributed by atoms with Crippen molar-refractivity contribution in [2.45, 2.75) is 45.7 Å². The largest absolute Gasteiger partial charge is 0.324 e. The van der Waals surface area contributed by atoms with E-state index in [4.69, 9.17) is 0 Å². The van der Waals surface area contributed by atoms with E-state index in [1.165, 1.54) is 53.9 Å². The predicted molar refractivity (Wildman–Crippen MR) is 112 cm³/mol. The van der Waals surface area contributed by atoms with Crippen LogP contribution in [0, 0.1) is 18.7 Å². The second kappa shape index (κ2) is 6.60. The highest BCUT2D eigenvalue weighted by molar-refractivity contribution is 5.63. The van der Waals surface area contributed by atoms with Crippen LogP contribution in [0.1, 0.15) is 51.3 Å². The van der Waals surface area contributed by atoms with Crippen molar-refractivity contribution < 1.29 is 1.37 Å². The Morgan fingerprint density at radius 2 is 1.63 bits per heavy atom. The molecule has 2 aliphatic heterocycles. The predicted octanol–water partition coefficient (Wildman–Crippen LogP) is 6.38. The van der Waals surface area contributed by atoms with E-state index in [0.717, 1.165) is 0 Å². The normalized spacial score (nSPS) is 28.2. The van der Waals surface area contributed by atoms with E-state index in [-0.39, 0.29) is 6.17 Å². The van der Waals surface area contributed by atoms with E-state index in [1.807, 2.05) is 0 Å². The number of hydrogen-bond acceptors (Lipinski definition) is 2. The van der Waals surface area contributed by atoms with Gasteiger partial charge in [0.05, 0.1) is 0 Å². The standard InChI is InChI=1S/C25H28N2/c1-18-10-6-9-15-23(18)27-19(2)24-22(20-11-7-8-12-20)16-17-26(24)25(27)21-13-4-3-5-14-21/h3-6,9-10,13-17,20,22,25H,7-8,11-12H2,1-2H3/i22D. The molecule has 1 fully saturated rings. The first-order valence-electron chi connectivity index (χ1n) is 10.7. The molecule has 0 saturated heterocycles. The van der Waals surface area contributed by atoms with Crippen LogP contribution in [-0.4, -0.2) is 4.90 Å². The van der Waals surface area contributed by atoms with Crippen LogP contribution in [0.4, 0.5) is 5.69 Å². The van der Waals surface area contributed by atoms with Crippen molar-refractivity contribution in [3.05, 3.63) is 89.4 Å². The van der Waals surface area contributed by atoms with Gasteiger partial charge in [-0.05, 0) is 49.8 Å². The number of fused-ring (bicyclic) bond motifs is 1. The minimum Gasteiger partial charge on any atom is -0.324 e. The zero-order valence-corrected chi connectivity index (χ0v) is 16.2. The molecule has 2 heteroatoms. The van der Waals surface area contributed by atoms with E-state index in [9.17, 15) is 1.37 Å². The first-order chi connectivity index (χ1) is 13.6. The van der Waals surface area contributed by atoms with Gasteiger partial charge in [-0.1, -0.05) is 67.4 Å². The summed E-state index contributed by atoms with van der Waals surface area (Å²) in [7, 11) is 0. The third-order valence-electron chi connectivity index (χ3n) is 6.43. The number of allylic oxidation sites excluding steroid dienone is 2. The number of rotatable bonds is 3. The Hall–Kier alpha value is -2.48. The molecule has 2 aromatic rings. The van der Waals surface area contributed by atoms with E-state index >= 15 is 0 Å². The summed E-state index contributed by atoms with van der Waals surface area (Å²) in [6, 6.07) is 19.3. The molecule has 138 valence electrons. The number of para-hydroxylation sites is 1. The number of benzene rings is 2. The Balaban J connectivity index is 1.67. The zero-order chi connectivity index (χ0) is 19.3. The van der Waals surface area contributed by atoms with Crippen LogP contribution in [0.25, 0.3) is 0 Å². The maximum Gasteiger partial charge on any atom is 0.136 e. The minimum atomic E-state index is -0.606. The van der Waals surface area contributed by atoms with Crippen molar-refractivity contribution in [2.75, 3.05) is 4.90 Å². The minimum absolute atomic E-state index is 0.0715. The van der Waals surface area contributed by atoms with E-state index in [1.54, 1.807) is 0 Å². The van der Waals surface area contributed by atoms with Crippen molar-refractivity contribution in [1.82, 2.24) is 4.90 Å². The molecule has 2 aromatic carbocycles. The van der Waals surface area contributed by atoms with Crippen LogP contribution in [-0.2, 0) is 0 Å². The SMILES string of the molecule is [2H]C1(C2CCCC2)C=CN2C1=C(C)N(c1ccccc1C)C2c1ccccc1. The van der Waals surface area contributed by atoms with Gasteiger partial charge >= 0.3 is 0 Å². The Morgan fingerprint density at radius 3 is 2.37 bits per heavy atom. The molecule has 0 N–H and O–H groups in total. The number of aryl methyl sites for hydroxylation is 1. The maximum absolute atomic E-state index is 9.48. The Bertz CT molecular complexity index is 942. The molecule has 0 aromatic heterocycles. The first-order valence-corrected chi connectivity index (χ1v) is 10.2. The molecular weight excluding hydrogens is 328 g/mol. The van der Waals surface area contributed by atoms with E-state index in [2.05, 4.69) is 90.5 Å². The van der Waals surface area contributed by atoms with Crippen LogP contribution >= 0.6 is 0 Å². The van der Waals surface area contributed by atoms with Gasteiger partial charge in [0.1, 0.15) is 6.17 Å². The molecule has 27 heavy (non-hydrogen) atoms. The fourth-order valence-corrected chi connectivity index (χ4v) is 5.13. The van der Waals surface area contributed by atoms with Gasteiger partial charge in [-0.2, -0.15) is 0 Å². The lowest BCUT2D eigenvalue weighted by atomic mass is 9.88. The molecule has 1 aliphatic carbocycles. The Kier molecular flexibility index (Phi) is 3.80. The molecule has 0 radical (unpaired) electrons. The van der Waals surface area contributed by atoms with Gasteiger partial charge in [0.15, 0.2) is 0 Å². The lowest BCUT2D eigenvalue weighted by Gasteiger charge is -2.33. The summed E-state index contributed by atoms with van der Waals surface area (Å²) in [5.74, 6) is -0.183. The third-order valence-corrected chi connectivity index (χ3v) is 6.43. The van der Waals surface area contributed by atoms with Gasteiger partial charge in [0.2, 0.25) is 0 Å². The van der Waals surface area contributed by atoms with Gasteiger partial charge in [0, 0.05) is 30.5 Å². The molecule has 1 saturated carbocycles. The molecule has 0 bridgehead atoms. The van der Waals surface area contributed by atoms with Crippen LogP contribution in [0.15, 0.2) is 78.3 Å². The maximum atomic E-state index is 9.48. The van der Waals surface area contributed by atoms with Crippen molar-refractivity contribution in [3.63, 3.8) is 0 Å². The smallest absolute Gasteiger partial charge is 0.136 e. The lowest BCUT2D eigenvalue weighted by Crippen LogP contribution is -2.29. The van der Waals surface area contributed by atoms with Crippen LogP contribution in [0.2, 0.25) is 0 Å². The molecule has 2 heterocycles. The molecule has 5 rings (SSSR count). The third kappa shape index (κ3) is 2.62. The van der Waals surface area contributed by atoms with E-state index < -0.39 is 5.89 Å². The Labute approximate surface area is 164 Å². The molecule has 2 unspecified atom stereocenters. The highest BCUT2D eigenvalue weighted by Gasteiger charge is 2.44. The van der Waals surface area contributed by atoms with Crippen molar-refractivity contribution in [3.8, 4) is 0 Å². The summed E-state index contributed by atoms with van der Waals surface area (Å²) in [5.41, 5.74) is 6.16. The summed E-state index contributed by atoms with van der Waals surface area (Å²) in [5, 5.41) is 0. The second-order valence-electron chi connectivity index (χ2n) is 8.03. The van der Waals surface area contributed by atoms with Gasteiger partial charge in [0.25, 0.3) is 0 Å². The van der Waals surface area contributed by atoms with Gasteiger partial charge < -0.3 is 9.80 Å². The monoisotopic (exact) mass is 357 g/mol. The number of hydrogen-bond donors (Lipinski definition) is 0. The van der Waals surface area contributed by atoms with Crippen LogP contribution in [0.5, 0.6) is 0 Å². The number of nitrogens with zero attached hydrogens (tertiary/aromatic N) is 2. The van der Waals surface area contributed by atoms with Crippen molar-refractivity contribution in [2.24, 2.45) is 11.8 Å².